The van der Waals surface area contributed by atoms with Gasteiger partial charge in [0.1, 0.15) is 11.6 Å². The molecule has 1 aromatic rings. The Balaban J connectivity index is 3.19. The molecule has 0 spiro atoms. The van der Waals surface area contributed by atoms with Crippen LogP contribution in [-0.2, 0) is 0 Å². The highest BCUT2D eigenvalue weighted by atomic mass is 19.1. The van der Waals surface area contributed by atoms with E-state index in [0.717, 1.165) is 6.07 Å². The van der Waals surface area contributed by atoms with Crippen molar-refractivity contribution in [3.05, 3.63) is 29.1 Å². The van der Waals surface area contributed by atoms with Crippen molar-refractivity contribution in [1.29, 1.82) is 0 Å². The third-order valence-corrected chi connectivity index (χ3v) is 2.01. The summed E-state index contributed by atoms with van der Waals surface area (Å²) in [4.78, 5) is 11.4. The predicted molar refractivity (Wildman–Crippen MR) is 50.8 cm³/mol. The van der Waals surface area contributed by atoms with Crippen molar-refractivity contribution in [2.75, 3.05) is 0 Å². The van der Waals surface area contributed by atoms with Gasteiger partial charge in [0.25, 0.3) is 0 Å². The molecule has 1 aromatic carbocycles. The second kappa shape index (κ2) is 3.75. The summed E-state index contributed by atoms with van der Waals surface area (Å²) < 4.78 is 13.1. The molecule has 0 fully saturated rings. The number of ketones is 1. The Morgan fingerprint density at radius 2 is 2.14 bits per heavy atom. The maximum absolute atomic E-state index is 13.1. The highest BCUT2D eigenvalue weighted by Crippen LogP contribution is 2.21. The number of nitrogens with two attached hydrogens (primary N) is 1. The zero-order valence-corrected chi connectivity index (χ0v) is 8.04. The van der Waals surface area contributed by atoms with E-state index in [9.17, 15) is 14.3 Å². The van der Waals surface area contributed by atoms with Gasteiger partial charge >= 0.3 is 0 Å². The van der Waals surface area contributed by atoms with Crippen LogP contribution in [0, 0.1) is 12.7 Å². The SMILES string of the molecule is Cc1c(O)cc(C(=O)C(C)N)cc1F. The largest absolute Gasteiger partial charge is 0.508 e. The molecule has 0 radical (unpaired) electrons. The van der Waals surface area contributed by atoms with Crippen LogP contribution in [0.2, 0.25) is 0 Å². The number of Topliss-reactive ketones (excluding diaryl/α,β-unsaturated/α-hetero) is 1. The van der Waals surface area contributed by atoms with Crippen LogP contribution in [0.25, 0.3) is 0 Å². The molecule has 0 heterocycles. The maximum atomic E-state index is 13.1. The molecule has 0 saturated heterocycles. The van der Waals surface area contributed by atoms with E-state index in [2.05, 4.69) is 0 Å². The fraction of sp³-hybridized carbons (Fsp3) is 0.300. The molecule has 0 aliphatic carbocycles. The van der Waals surface area contributed by atoms with E-state index >= 15 is 0 Å². The summed E-state index contributed by atoms with van der Waals surface area (Å²) in [6, 6.07) is 1.61. The lowest BCUT2D eigenvalue weighted by Gasteiger charge is -2.07. The lowest BCUT2D eigenvalue weighted by Crippen LogP contribution is -2.26. The topological polar surface area (TPSA) is 63.3 Å². The Bertz CT molecular complexity index is 351. The predicted octanol–water partition coefficient (Wildman–Crippen LogP) is 1.37. The van der Waals surface area contributed by atoms with Gasteiger partial charge in [-0.05, 0) is 26.0 Å². The van der Waals surface area contributed by atoms with Crippen LogP contribution in [0.5, 0.6) is 5.75 Å². The highest BCUT2D eigenvalue weighted by molar-refractivity contribution is 6.00. The summed E-state index contributed by atoms with van der Waals surface area (Å²) >= 11 is 0. The maximum Gasteiger partial charge on any atom is 0.179 e. The normalized spacial score (nSPS) is 12.6. The monoisotopic (exact) mass is 197 g/mol. The number of halogens is 1. The molecular formula is C10H12FNO2. The Kier molecular flexibility index (Phi) is 2.86. The molecule has 0 aliphatic heterocycles. The molecule has 76 valence electrons. The van der Waals surface area contributed by atoms with Gasteiger partial charge in [-0.25, -0.2) is 4.39 Å². The van der Waals surface area contributed by atoms with Gasteiger partial charge in [-0.2, -0.15) is 0 Å². The number of carbonyl (C=O) groups excluding carboxylic acids is 1. The highest BCUT2D eigenvalue weighted by Gasteiger charge is 2.14. The van der Waals surface area contributed by atoms with Gasteiger partial charge in [0.2, 0.25) is 0 Å². The van der Waals surface area contributed by atoms with Gasteiger partial charge < -0.3 is 10.8 Å². The molecule has 0 aromatic heterocycles. The summed E-state index contributed by atoms with van der Waals surface area (Å²) in [6.07, 6.45) is 0. The summed E-state index contributed by atoms with van der Waals surface area (Å²) in [5, 5.41) is 9.28. The van der Waals surface area contributed by atoms with Crippen LogP contribution in [0.3, 0.4) is 0 Å². The van der Waals surface area contributed by atoms with Crippen molar-refractivity contribution in [3.63, 3.8) is 0 Å². The first-order valence-corrected chi connectivity index (χ1v) is 4.22. The number of benzene rings is 1. The zero-order chi connectivity index (χ0) is 10.9. The minimum atomic E-state index is -0.698. The van der Waals surface area contributed by atoms with E-state index in [-0.39, 0.29) is 22.7 Å². The van der Waals surface area contributed by atoms with Crippen LogP contribution in [0.15, 0.2) is 12.1 Å². The number of carbonyl (C=O) groups is 1. The molecule has 0 aliphatic rings. The number of hydrogen-bond acceptors (Lipinski definition) is 3. The van der Waals surface area contributed by atoms with E-state index in [1.54, 1.807) is 0 Å². The molecule has 0 bridgehead atoms. The van der Waals surface area contributed by atoms with Crippen molar-refractivity contribution in [3.8, 4) is 5.75 Å². The summed E-state index contributed by atoms with van der Waals surface area (Å²) in [5.41, 5.74) is 5.58. The van der Waals surface area contributed by atoms with Crippen LogP contribution < -0.4 is 5.73 Å². The summed E-state index contributed by atoms with van der Waals surface area (Å²) in [5.74, 6) is -1.22. The van der Waals surface area contributed by atoms with Crippen molar-refractivity contribution < 1.29 is 14.3 Å². The number of phenols is 1. The number of rotatable bonds is 2. The van der Waals surface area contributed by atoms with Crippen molar-refractivity contribution >= 4 is 5.78 Å². The fourth-order valence-electron chi connectivity index (χ4n) is 1.07. The molecule has 4 heteroatoms. The van der Waals surface area contributed by atoms with E-state index in [1.165, 1.54) is 19.9 Å². The quantitative estimate of drug-likeness (QED) is 0.704. The first kappa shape index (κ1) is 10.7. The van der Waals surface area contributed by atoms with Gasteiger partial charge in [-0.3, -0.25) is 4.79 Å². The minimum Gasteiger partial charge on any atom is -0.508 e. The van der Waals surface area contributed by atoms with Crippen LogP contribution >= 0.6 is 0 Å². The first-order chi connectivity index (χ1) is 6.43. The van der Waals surface area contributed by atoms with Crippen molar-refractivity contribution in [2.45, 2.75) is 19.9 Å². The Morgan fingerprint density at radius 1 is 1.57 bits per heavy atom. The van der Waals surface area contributed by atoms with E-state index < -0.39 is 11.9 Å². The Morgan fingerprint density at radius 3 is 2.57 bits per heavy atom. The first-order valence-electron chi connectivity index (χ1n) is 4.22. The molecule has 3 N–H and O–H groups in total. The smallest absolute Gasteiger partial charge is 0.179 e. The van der Waals surface area contributed by atoms with Crippen LogP contribution in [0.4, 0.5) is 4.39 Å². The average molecular weight is 197 g/mol. The standard InChI is InChI=1S/C10H12FNO2/c1-5-8(11)3-7(4-9(5)13)10(14)6(2)12/h3-4,6,13H,12H2,1-2H3. The van der Waals surface area contributed by atoms with Gasteiger partial charge in [-0.1, -0.05) is 0 Å². The second-order valence-electron chi connectivity index (χ2n) is 3.26. The Hall–Kier alpha value is -1.42. The summed E-state index contributed by atoms with van der Waals surface area (Å²) in [6.45, 7) is 2.95. The van der Waals surface area contributed by atoms with Crippen molar-refractivity contribution in [1.82, 2.24) is 0 Å². The molecular weight excluding hydrogens is 185 g/mol. The summed E-state index contributed by atoms with van der Waals surface area (Å²) in [7, 11) is 0. The van der Waals surface area contributed by atoms with Crippen molar-refractivity contribution in [2.24, 2.45) is 5.73 Å². The van der Waals surface area contributed by atoms with Gasteiger partial charge in [0, 0.05) is 11.1 Å². The molecule has 1 rings (SSSR count). The lowest BCUT2D eigenvalue weighted by atomic mass is 10.0. The number of phenolic OH excluding ortho intramolecular Hbond substituents is 1. The Labute approximate surface area is 81.4 Å². The fourth-order valence-corrected chi connectivity index (χ4v) is 1.07. The van der Waals surface area contributed by atoms with Gasteiger partial charge in [0.15, 0.2) is 5.78 Å². The second-order valence-corrected chi connectivity index (χ2v) is 3.26. The van der Waals surface area contributed by atoms with E-state index in [4.69, 9.17) is 5.73 Å². The molecule has 14 heavy (non-hydrogen) atoms. The molecule has 1 unspecified atom stereocenters. The third kappa shape index (κ3) is 1.90. The van der Waals surface area contributed by atoms with E-state index in [0.29, 0.717) is 0 Å². The molecule has 3 nitrogen and oxygen atoms in total. The molecule has 0 saturated carbocycles. The number of aromatic hydroxyl groups is 1. The molecule has 0 amide bonds. The zero-order valence-electron chi connectivity index (χ0n) is 8.04. The van der Waals surface area contributed by atoms with Gasteiger partial charge in [-0.15, -0.1) is 0 Å². The van der Waals surface area contributed by atoms with Gasteiger partial charge in [0.05, 0.1) is 6.04 Å². The third-order valence-electron chi connectivity index (χ3n) is 2.01. The average Bonchev–Trinajstić information content (AvgIpc) is 2.12. The molecule has 1 atom stereocenters. The van der Waals surface area contributed by atoms with E-state index in [1.807, 2.05) is 0 Å². The van der Waals surface area contributed by atoms with Crippen LogP contribution in [0.1, 0.15) is 22.8 Å². The van der Waals surface area contributed by atoms with Crippen LogP contribution in [-0.4, -0.2) is 16.9 Å². The minimum absolute atomic E-state index is 0.0978. The lowest BCUT2D eigenvalue weighted by molar-refractivity contribution is 0.0967. The number of hydrogen-bond donors (Lipinski definition) is 2.